The van der Waals surface area contributed by atoms with Crippen molar-refractivity contribution >= 4 is 0 Å². The predicted molar refractivity (Wildman–Crippen MR) is 111 cm³/mol. The van der Waals surface area contributed by atoms with E-state index in [0.717, 1.165) is 35.8 Å². The normalized spacial score (nSPS) is 39.9. The first kappa shape index (κ1) is 19.2. The second-order valence-electron chi connectivity index (χ2n) is 10.4. The summed E-state index contributed by atoms with van der Waals surface area (Å²) in [4.78, 5) is 5.78. The predicted octanol–water partition coefficient (Wildman–Crippen LogP) is 5.57. The van der Waals surface area contributed by atoms with E-state index in [-0.39, 0.29) is 0 Å². The summed E-state index contributed by atoms with van der Waals surface area (Å²) in [7, 11) is 0. The minimum Gasteiger partial charge on any atom is -0.300 e. The van der Waals surface area contributed by atoms with E-state index in [2.05, 4.69) is 23.6 Å². The van der Waals surface area contributed by atoms with Gasteiger partial charge in [-0.2, -0.15) is 0 Å². The Hall–Kier alpha value is -0.0800. The Balaban J connectivity index is 1.22. The average molecular weight is 361 g/mol. The van der Waals surface area contributed by atoms with Crippen molar-refractivity contribution in [2.75, 3.05) is 26.2 Å². The number of hydrogen-bond acceptors (Lipinski definition) is 2. The SMILES string of the molecule is CC1CCCCC1N1CCC(C2CCN(C3CCCCC3C)CC2)CC1. The van der Waals surface area contributed by atoms with Gasteiger partial charge in [0.25, 0.3) is 0 Å². The second kappa shape index (κ2) is 8.95. The van der Waals surface area contributed by atoms with E-state index in [1.807, 2.05) is 0 Å². The van der Waals surface area contributed by atoms with E-state index in [1.165, 1.54) is 103 Å². The summed E-state index contributed by atoms with van der Waals surface area (Å²) < 4.78 is 0. The lowest BCUT2D eigenvalue weighted by molar-refractivity contribution is 0.0289. The summed E-state index contributed by atoms with van der Waals surface area (Å²) >= 11 is 0. The largest absolute Gasteiger partial charge is 0.300 e. The number of likely N-dealkylation sites (tertiary alicyclic amines) is 2. The van der Waals surface area contributed by atoms with Crippen molar-refractivity contribution in [1.29, 1.82) is 0 Å². The lowest BCUT2D eigenvalue weighted by Gasteiger charge is -2.47. The number of hydrogen-bond donors (Lipinski definition) is 0. The zero-order valence-corrected chi connectivity index (χ0v) is 17.7. The molecule has 0 N–H and O–H groups in total. The Kier molecular flexibility index (Phi) is 6.62. The molecule has 0 amide bonds. The van der Waals surface area contributed by atoms with E-state index in [0.29, 0.717) is 0 Å². The molecule has 0 aromatic heterocycles. The average Bonchev–Trinajstić information content (AvgIpc) is 2.69. The molecule has 4 fully saturated rings. The maximum Gasteiger partial charge on any atom is 0.0121 e. The van der Waals surface area contributed by atoms with Crippen LogP contribution < -0.4 is 0 Å². The van der Waals surface area contributed by atoms with Gasteiger partial charge in [0.2, 0.25) is 0 Å². The highest BCUT2D eigenvalue weighted by atomic mass is 15.2. The van der Waals surface area contributed by atoms with Crippen LogP contribution in [0, 0.1) is 23.7 Å². The van der Waals surface area contributed by atoms with Crippen LogP contribution in [-0.4, -0.2) is 48.1 Å². The highest BCUT2D eigenvalue weighted by molar-refractivity contribution is 4.89. The minimum atomic E-state index is 0.916. The molecule has 4 aliphatic rings. The van der Waals surface area contributed by atoms with Crippen LogP contribution >= 0.6 is 0 Å². The van der Waals surface area contributed by atoms with Crippen molar-refractivity contribution in [3.63, 3.8) is 0 Å². The molecule has 4 atom stereocenters. The Bertz CT molecular complexity index is 380. The maximum absolute atomic E-state index is 2.89. The van der Waals surface area contributed by atoms with Crippen LogP contribution in [0.1, 0.15) is 90.9 Å². The quantitative estimate of drug-likeness (QED) is 0.649. The molecule has 2 saturated carbocycles. The van der Waals surface area contributed by atoms with Crippen LogP contribution in [0.3, 0.4) is 0 Å². The Morgan fingerprint density at radius 1 is 0.462 bits per heavy atom. The molecule has 26 heavy (non-hydrogen) atoms. The molecule has 0 radical (unpaired) electrons. The first-order valence-electron chi connectivity index (χ1n) is 12.2. The van der Waals surface area contributed by atoms with Crippen molar-refractivity contribution in [2.45, 2.75) is 103 Å². The summed E-state index contributed by atoms with van der Waals surface area (Å²) in [6, 6.07) is 1.83. The van der Waals surface area contributed by atoms with Crippen molar-refractivity contribution in [1.82, 2.24) is 9.80 Å². The summed E-state index contributed by atoms with van der Waals surface area (Å²) in [5.41, 5.74) is 0. The monoisotopic (exact) mass is 360 g/mol. The number of rotatable bonds is 3. The van der Waals surface area contributed by atoms with Crippen LogP contribution in [0.5, 0.6) is 0 Å². The fourth-order valence-electron chi connectivity index (χ4n) is 7.12. The smallest absolute Gasteiger partial charge is 0.0121 e. The molecular weight excluding hydrogens is 316 g/mol. The van der Waals surface area contributed by atoms with Gasteiger partial charge in [-0.25, -0.2) is 0 Å². The van der Waals surface area contributed by atoms with Crippen molar-refractivity contribution < 1.29 is 0 Å². The van der Waals surface area contributed by atoms with Gasteiger partial charge in [-0.05, 0) is 101 Å². The molecule has 2 aliphatic carbocycles. The van der Waals surface area contributed by atoms with E-state index < -0.39 is 0 Å². The van der Waals surface area contributed by atoms with E-state index >= 15 is 0 Å². The fourth-order valence-corrected chi connectivity index (χ4v) is 7.12. The van der Waals surface area contributed by atoms with Gasteiger partial charge >= 0.3 is 0 Å². The molecule has 0 bridgehead atoms. The van der Waals surface area contributed by atoms with E-state index in [9.17, 15) is 0 Å². The molecule has 0 aromatic carbocycles. The fraction of sp³-hybridized carbons (Fsp3) is 1.00. The van der Waals surface area contributed by atoms with Crippen LogP contribution in [0.2, 0.25) is 0 Å². The summed E-state index contributed by atoms with van der Waals surface area (Å²) in [5, 5.41) is 0. The molecular formula is C24H44N2. The van der Waals surface area contributed by atoms with E-state index in [4.69, 9.17) is 0 Å². The molecule has 2 heteroatoms. The third-order valence-corrected chi connectivity index (χ3v) is 8.89. The number of piperidine rings is 2. The maximum atomic E-state index is 2.89. The van der Waals surface area contributed by atoms with Crippen LogP contribution in [0.25, 0.3) is 0 Å². The van der Waals surface area contributed by atoms with Crippen molar-refractivity contribution in [3.8, 4) is 0 Å². The molecule has 0 spiro atoms. The Morgan fingerprint density at radius 2 is 0.808 bits per heavy atom. The van der Waals surface area contributed by atoms with Gasteiger partial charge in [-0.3, -0.25) is 0 Å². The van der Waals surface area contributed by atoms with E-state index in [1.54, 1.807) is 0 Å². The van der Waals surface area contributed by atoms with Crippen LogP contribution in [0.4, 0.5) is 0 Å². The second-order valence-corrected chi connectivity index (χ2v) is 10.4. The summed E-state index contributed by atoms with van der Waals surface area (Å²) in [6.45, 7) is 10.6. The first-order valence-corrected chi connectivity index (χ1v) is 12.2. The topological polar surface area (TPSA) is 6.48 Å². The highest BCUT2D eigenvalue weighted by Gasteiger charge is 2.35. The molecule has 150 valence electrons. The van der Waals surface area contributed by atoms with Gasteiger partial charge in [0.1, 0.15) is 0 Å². The van der Waals surface area contributed by atoms with Crippen molar-refractivity contribution in [2.24, 2.45) is 23.7 Å². The van der Waals surface area contributed by atoms with Gasteiger partial charge in [-0.15, -0.1) is 0 Å². The molecule has 2 heterocycles. The van der Waals surface area contributed by atoms with Gasteiger partial charge < -0.3 is 9.80 Å². The molecule has 2 saturated heterocycles. The molecule has 4 rings (SSSR count). The molecule has 2 aliphatic heterocycles. The molecule has 2 nitrogen and oxygen atoms in total. The minimum absolute atomic E-state index is 0.916. The standard InChI is InChI=1S/C24H44N2/c1-19-7-3-5-9-23(19)25-15-11-21(12-16-25)22-13-17-26(18-14-22)24-10-6-4-8-20(24)2/h19-24H,3-18H2,1-2H3. The van der Waals surface area contributed by atoms with Crippen LogP contribution in [-0.2, 0) is 0 Å². The third-order valence-electron chi connectivity index (χ3n) is 8.89. The zero-order chi connectivity index (χ0) is 17.9. The van der Waals surface area contributed by atoms with Crippen molar-refractivity contribution in [3.05, 3.63) is 0 Å². The summed E-state index contributed by atoms with van der Waals surface area (Å²) in [5.74, 6) is 3.97. The van der Waals surface area contributed by atoms with Gasteiger partial charge in [-0.1, -0.05) is 39.5 Å². The van der Waals surface area contributed by atoms with Gasteiger partial charge in [0.15, 0.2) is 0 Å². The van der Waals surface area contributed by atoms with Gasteiger partial charge in [0, 0.05) is 12.1 Å². The lowest BCUT2D eigenvalue weighted by Crippen LogP contribution is -2.49. The molecule has 0 aromatic rings. The zero-order valence-electron chi connectivity index (χ0n) is 17.7. The third kappa shape index (κ3) is 4.32. The lowest BCUT2D eigenvalue weighted by atomic mass is 9.76. The Labute approximate surface area is 163 Å². The van der Waals surface area contributed by atoms with Gasteiger partial charge in [0.05, 0.1) is 0 Å². The highest BCUT2D eigenvalue weighted by Crippen LogP contribution is 2.38. The Morgan fingerprint density at radius 3 is 1.15 bits per heavy atom. The molecule has 4 unspecified atom stereocenters. The summed E-state index contributed by atoms with van der Waals surface area (Å²) in [6.07, 6.45) is 17.8. The first-order chi connectivity index (χ1) is 12.7. The van der Waals surface area contributed by atoms with Crippen LogP contribution in [0.15, 0.2) is 0 Å². The number of nitrogens with zero attached hydrogens (tertiary/aromatic N) is 2.